The summed E-state index contributed by atoms with van der Waals surface area (Å²) in [5.41, 5.74) is 1.37. The van der Waals surface area contributed by atoms with E-state index < -0.39 is 0 Å². The van der Waals surface area contributed by atoms with Crippen LogP contribution in [0.15, 0.2) is 36.4 Å². The minimum absolute atomic E-state index is 0.245. The number of ether oxygens (including phenoxy) is 3. The standard InChI is InChI=1S/C18H21ClN2O4/c1-11(12-5-7-16(24-3)17(9-12)25-4)20-18(22)21-14-10-13(19)6-8-15(14)23-2/h5-11H,1-4H3,(H2,20,21,22). The molecule has 0 bridgehead atoms. The number of benzene rings is 2. The lowest BCUT2D eigenvalue weighted by molar-refractivity contribution is 0.249. The summed E-state index contributed by atoms with van der Waals surface area (Å²) in [6.45, 7) is 1.87. The van der Waals surface area contributed by atoms with Crippen molar-refractivity contribution in [3.05, 3.63) is 47.0 Å². The highest BCUT2D eigenvalue weighted by atomic mass is 35.5. The van der Waals surface area contributed by atoms with Gasteiger partial charge in [0, 0.05) is 5.02 Å². The molecule has 25 heavy (non-hydrogen) atoms. The second kappa shape index (κ2) is 8.48. The summed E-state index contributed by atoms with van der Waals surface area (Å²) in [4.78, 5) is 12.3. The van der Waals surface area contributed by atoms with Crippen LogP contribution in [0.5, 0.6) is 17.2 Å². The molecule has 0 fully saturated rings. The van der Waals surface area contributed by atoms with Crippen molar-refractivity contribution in [1.29, 1.82) is 0 Å². The third kappa shape index (κ3) is 4.70. The van der Waals surface area contributed by atoms with Crippen LogP contribution in [0.1, 0.15) is 18.5 Å². The molecule has 2 amide bonds. The lowest BCUT2D eigenvalue weighted by atomic mass is 10.1. The minimum Gasteiger partial charge on any atom is -0.495 e. The Morgan fingerprint density at radius 1 is 0.960 bits per heavy atom. The van der Waals surface area contributed by atoms with Crippen LogP contribution >= 0.6 is 11.6 Å². The molecule has 0 radical (unpaired) electrons. The number of carbonyl (C=O) groups is 1. The van der Waals surface area contributed by atoms with E-state index in [1.807, 2.05) is 19.1 Å². The molecule has 0 saturated heterocycles. The Hall–Kier alpha value is -2.60. The van der Waals surface area contributed by atoms with Crippen LogP contribution in [0.25, 0.3) is 0 Å². The fourth-order valence-electron chi connectivity index (χ4n) is 2.34. The van der Waals surface area contributed by atoms with E-state index in [9.17, 15) is 4.79 Å². The van der Waals surface area contributed by atoms with Gasteiger partial charge in [0.05, 0.1) is 33.1 Å². The number of nitrogens with one attached hydrogen (secondary N) is 2. The smallest absolute Gasteiger partial charge is 0.319 e. The summed E-state index contributed by atoms with van der Waals surface area (Å²) in [5, 5.41) is 6.10. The van der Waals surface area contributed by atoms with Crippen molar-refractivity contribution in [3.63, 3.8) is 0 Å². The predicted molar refractivity (Wildman–Crippen MR) is 98.1 cm³/mol. The average molecular weight is 365 g/mol. The molecule has 2 aromatic rings. The first kappa shape index (κ1) is 18.7. The summed E-state index contributed by atoms with van der Waals surface area (Å²) in [7, 11) is 4.67. The van der Waals surface area contributed by atoms with E-state index in [1.54, 1.807) is 38.5 Å². The summed E-state index contributed by atoms with van der Waals surface area (Å²) < 4.78 is 15.7. The summed E-state index contributed by atoms with van der Waals surface area (Å²) >= 11 is 5.97. The van der Waals surface area contributed by atoms with Gasteiger partial charge in [0.25, 0.3) is 0 Å². The first-order valence-corrected chi connectivity index (χ1v) is 7.99. The molecule has 0 aliphatic rings. The van der Waals surface area contributed by atoms with Crippen molar-refractivity contribution in [2.45, 2.75) is 13.0 Å². The van der Waals surface area contributed by atoms with Gasteiger partial charge in [-0.15, -0.1) is 0 Å². The van der Waals surface area contributed by atoms with Crippen molar-refractivity contribution in [3.8, 4) is 17.2 Å². The lowest BCUT2D eigenvalue weighted by Gasteiger charge is -2.18. The number of rotatable bonds is 6. The molecule has 1 atom stereocenters. The molecule has 0 heterocycles. The van der Waals surface area contributed by atoms with Crippen LogP contribution in [0.2, 0.25) is 5.02 Å². The second-order valence-electron chi connectivity index (χ2n) is 5.28. The maximum absolute atomic E-state index is 12.3. The van der Waals surface area contributed by atoms with E-state index in [0.717, 1.165) is 5.56 Å². The van der Waals surface area contributed by atoms with Crippen LogP contribution in [-0.2, 0) is 0 Å². The molecule has 2 rings (SSSR count). The molecule has 0 spiro atoms. The van der Waals surface area contributed by atoms with Gasteiger partial charge in [0.2, 0.25) is 0 Å². The van der Waals surface area contributed by atoms with Crippen molar-refractivity contribution in [2.24, 2.45) is 0 Å². The van der Waals surface area contributed by atoms with Crippen LogP contribution in [0.3, 0.4) is 0 Å². The molecule has 0 aliphatic carbocycles. The predicted octanol–water partition coefficient (Wildman–Crippen LogP) is 4.25. The normalized spacial score (nSPS) is 11.4. The van der Waals surface area contributed by atoms with E-state index in [-0.39, 0.29) is 12.1 Å². The molecular weight excluding hydrogens is 344 g/mol. The van der Waals surface area contributed by atoms with Gasteiger partial charge in [-0.1, -0.05) is 17.7 Å². The van der Waals surface area contributed by atoms with Crippen LogP contribution < -0.4 is 24.8 Å². The first-order chi connectivity index (χ1) is 12.0. The van der Waals surface area contributed by atoms with Crippen LogP contribution in [-0.4, -0.2) is 27.4 Å². The van der Waals surface area contributed by atoms with Gasteiger partial charge in [-0.3, -0.25) is 0 Å². The van der Waals surface area contributed by atoms with Gasteiger partial charge in [0.15, 0.2) is 11.5 Å². The zero-order chi connectivity index (χ0) is 18.4. The number of halogens is 1. The topological polar surface area (TPSA) is 68.8 Å². The Morgan fingerprint density at radius 3 is 2.24 bits per heavy atom. The Morgan fingerprint density at radius 2 is 1.60 bits per heavy atom. The fourth-order valence-corrected chi connectivity index (χ4v) is 2.51. The Balaban J connectivity index is 2.09. The number of hydrogen-bond donors (Lipinski definition) is 2. The lowest BCUT2D eigenvalue weighted by Crippen LogP contribution is -2.31. The summed E-state index contributed by atoms with van der Waals surface area (Å²) in [6.07, 6.45) is 0. The number of amides is 2. The maximum atomic E-state index is 12.3. The highest BCUT2D eigenvalue weighted by Gasteiger charge is 2.14. The van der Waals surface area contributed by atoms with Crippen molar-refractivity contribution in [1.82, 2.24) is 5.32 Å². The molecule has 134 valence electrons. The highest BCUT2D eigenvalue weighted by molar-refractivity contribution is 6.31. The molecule has 6 nitrogen and oxygen atoms in total. The summed E-state index contributed by atoms with van der Waals surface area (Å²) in [6, 6.07) is 9.88. The number of urea groups is 1. The molecule has 2 N–H and O–H groups in total. The van der Waals surface area contributed by atoms with E-state index in [4.69, 9.17) is 25.8 Å². The average Bonchev–Trinajstić information content (AvgIpc) is 2.61. The third-order valence-corrected chi connectivity index (χ3v) is 3.90. The van der Waals surface area contributed by atoms with Crippen LogP contribution in [0.4, 0.5) is 10.5 Å². The maximum Gasteiger partial charge on any atom is 0.319 e. The molecule has 2 aromatic carbocycles. The molecule has 0 aromatic heterocycles. The van der Waals surface area contributed by atoms with E-state index in [2.05, 4.69) is 10.6 Å². The zero-order valence-electron chi connectivity index (χ0n) is 14.6. The summed E-state index contributed by atoms with van der Waals surface area (Å²) in [5.74, 6) is 1.76. The van der Waals surface area contributed by atoms with E-state index >= 15 is 0 Å². The molecule has 0 saturated carbocycles. The monoisotopic (exact) mass is 364 g/mol. The third-order valence-electron chi connectivity index (χ3n) is 3.66. The molecule has 7 heteroatoms. The molecule has 1 unspecified atom stereocenters. The van der Waals surface area contributed by atoms with Crippen molar-refractivity contribution in [2.75, 3.05) is 26.6 Å². The van der Waals surface area contributed by atoms with Gasteiger partial charge < -0.3 is 24.8 Å². The quantitative estimate of drug-likeness (QED) is 0.804. The molecule has 0 aliphatic heterocycles. The van der Waals surface area contributed by atoms with Gasteiger partial charge >= 0.3 is 6.03 Å². The highest BCUT2D eigenvalue weighted by Crippen LogP contribution is 2.30. The zero-order valence-corrected chi connectivity index (χ0v) is 15.3. The number of anilines is 1. The first-order valence-electron chi connectivity index (χ1n) is 7.61. The fraction of sp³-hybridized carbons (Fsp3) is 0.278. The minimum atomic E-state index is -0.372. The Labute approximate surface area is 152 Å². The largest absolute Gasteiger partial charge is 0.495 e. The van der Waals surface area contributed by atoms with E-state index in [1.165, 1.54) is 7.11 Å². The second-order valence-corrected chi connectivity index (χ2v) is 5.72. The number of carbonyl (C=O) groups excluding carboxylic acids is 1. The van der Waals surface area contributed by atoms with Crippen molar-refractivity contribution >= 4 is 23.3 Å². The van der Waals surface area contributed by atoms with Crippen molar-refractivity contribution < 1.29 is 19.0 Å². The van der Waals surface area contributed by atoms with E-state index in [0.29, 0.717) is 28.0 Å². The number of methoxy groups -OCH3 is 3. The Bertz CT molecular complexity index is 752. The SMILES string of the molecule is COc1ccc(Cl)cc1NC(=O)NC(C)c1ccc(OC)c(OC)c1. The molecular formula is C18H21ClN2O4. The van der Waals surface area contributed by atoms with Gasteiger partial charge in [-0.2, -0.15) is 0 Å². The van der Waals surface area contributed by atoms with Gasteiger partial charge in [-0.25, -0.2) is 4.79 Å². The van der Waals surface area contributed by atoms with Gasteiger partial charge in [0.1, 0.15) is 5.75 Å². The van der Waals surface area contributed by atoms with Gasteiger partial charge in [-0.05, 0) is 42.8 Å². The number of hydrogen-bond acceptors (Lipinski definition) is 4. The Kier molecular flexibility index (Phi) is 6.36. The van der Waals surface area contributed by atoms with Crippen LogP contribution in [0, 0.1) is 0 Å².